The summed E-state index contributed by atoms with van der Waals surface area (Å²) in [6.45, 7) is 6.94. The van der Waals surface area contributed by atoms with Crippen LogP contribution in [0.3, 0.4) is 0 Å². The van der Waals surface area contributed by atoms with Gasteiger partial charge >= 0.3 is 0 Å². The molecule has 0 bridgehead atoms. The molecule has 5 nitrogen and oxygen atoms in total. The molecule has 2 aromatic carbocycles. The molecule has 0 aliphatic carbocycles. The molecule has 0 amide bonds. The lowest BCUT2D eigenvalue weighted by atomic mass is 9.91. The van der Waals surface area contributed by atoms with Crippen LogP contribution in [0.15, 0.2) is 65.7 Å². The van der Waals surface area contributed by atoms with Gasteiger partial charge in [-0.2, -0.15) is 0 Å². The summed E-state index contributed by atoms with van der Waals surface area (Å²) in [7, 11) is -3.19. The van der Waals surface area contributed by atoms with Crippen molar-refractivity contribution in [2.75, 3.05) is 25.9 Å². The Bertz CT molecular complexity index is 824. The quantitative estimate of drug-likeness (QED) is 0.526. The third kappa shape index (κ3) is 6.09. The molecular formula is C22H31N3O2S. The molecule has 2 rings (SSSR count). The SMILES string of the molecule is CCNC(=NCC(C)(C)S(C)(=O)=O)NCC(c1ccccc1)c1ccccc1. The van der Waals surface area contributed by atoms with E-state index in [1.54, 1.807) is 13.8 Å². The fourth-order valence-corrected chi connectivity index (χ4v) is 3.03. The Kier molecular flexibility index (Phi) is 7.63. The predicted molar refractivity (Wildman–Crippen MR) is 118 cm³/mol. The highest BCUT2D eigenvalue weighted by molar-refractivity contribution is 7.92. The highest BCUT2D eigenvalue weighted by Gasteiger charge is 2.30. The lowest BCUT2D eigenvalue weighted by molar-refractivity contribution is 0.554. The molecule has 0 aliphatic heterocycles. The van der Waals surface area contributed by atoms with Gasteiger partial charge in [0.15, 0.2) is 15.8 Å². The molecule has 28 heavy (non-hydrogen) atoms. The summed E-state index contributed by atoms with van der Waals surface area (Å²) >= 11 is 0. The topological polar surface area (TPSA) is 70.6 Å². The van der Waals surface area contributed by atoms with Crippen LogP contribution in [-0.2, 0) is 9.84 Å². The van der Waals surface area contributed by atoms with Crippen molar-refractivity contribution < 1.29 is 8.42 Å². The lowest BCUT2D eigenvalue weighted by Crippen LogP contribution is -2.42. The molecule has 0 heterocycles. The Hall–Kier alpha value is -2.34. The first-order chi connectivity index (χ1) is 13.2. The highest BCUT2D eigenvalue weighted by atomic mass is 32.2. The number of rotatable bonds is 8. The van der Waals surface area contributed by atoms with Crippen LogP contribution >= 0.6 is 0 Å². The Labute approximate surface area is 169 Å². The highest BCUT2D eigenvalue weighted by Crippen LogP contribution is 2.23. The van der Waals surface area contributed by atoms with Gasteiger partial charge in [-0.25, -0.2) is 8.42 Å². The molecule has 0 saturated carbocycles. The van der Waals surface area contributed by atoms with Crippen LogP contribution in [-0.4, -0.2) is 45.0 Å². The van der Waals surface area contributed by atoms with Gasteiger partial charge in [0, 0.05) is 25.3 Å². The minimum atomic E-state index is -3.19. The van der Waals surface area contributed by atoms with Crippen LogP contribution in [0.2, 0.25) is 0 Å². The summed E-state index contributed by atoms with van der Waals surface area (Å²) in [5.41, 5.74) is 2.43. The summed E-state index contributed by atoms with van der Waals surface area (Å²) in [6, 6.07) is 20.7. The number of benzene rings is 2. The average molecular weight is 402 g/mol. The van der Waals surface area contributed by atoms with Crippen molar-refractivity contribution in [3.05, 3.63) is 71.8 Å². The summed E-state index contributed by atoms with van der Waals surface area (Å²) in [5, 5.41) is 6.59. The van der Waals surface area contributed by atoms with Crippen LogP contribution in [0.5, 0.6) is 0 Å². The summed E-state index contributed by atoms with van der Waals surface area (Å²) < 4.78 is 23.0. The molecule has 0 saturated heterocycles. The monoisotopic (exact) mass is 401 g/mol. The normalized spacial score (nSPS) is 12.8. The Morgan fingerprint density at radius 1 is 0.964 bits per heavy atom. The zero-order valence-corrected chi connectivity index (χ0v) is 18.0. The zero-order valence-electron chi connectivity index (χ0n) is 17.1. The molecule has 6 heteroatoms. The fraction of sp³-hybridized carbons (Fsp3) is 0.409. The Balaban J connectivity index is 2.20. The maximum atomic E-state index is 11.9. The van der Waals surface area contributed by atoms with Gasteiger partial charge in [-0.3, -0.25) is 4.99 Å². The van der Waals surface area contributed by atoms with Gasteiger partial charge in [-0.15, -0.1) is 0 Å². The van der Waals surface area contributed by atoms with E-state index >= 15 is 0 Å². The van der Waals surface area contributed by atoms with Crippen molar-refractivity contribution in [3.8, 4) is 0 Å². The van der Waals surface area contributed by atoms with Crippen molar-refractivity contribution in [3.63, 3.8) is 0 Å². The van der Waals surface area contributed by atoms with E-state index in [0.717, 1.165) is 0 Å². The zero-order chi connectivity index (χ0) is 20.6. The number of sulfone groups is 1. The number of guanidine groups is 1. The molecule has 0 spiro atoms. The van der Waals surface area contributed by atoms with Gasteiger partial charge in [-0.05, 0) is 31.9 Å². The first-order valence-electron chi connectivity index (χ1n) is 9.56. The summed E-state index contributed by atoms with van der Waals surface area (Å²) in [6.07, 6.45) is 1.25. The maximum absolute atomic E-state index is 11.9. The van der Waals surface area contributed by atoms with Gasteiger partial charge in [0.1, 0.15) is 0 Å². The van der Waals surface area contributed by atoms with Crippen molar-refractivity contribution in [1.82, 2.24) is 10.6 Å². The van der Waals surface area contributed by atoms with E-state index in [9.17, 15) is 8.42 Å². The molecule has 0 aliphatic rings. The maximum Gasteiger partial charge on any atom is 0.191 e. The van der Waals surface area contributed by atoms with Gasteiger partial charge < -0.3 is 10.6 Å². The molecule has 2 aromatic rings. The van der Waals surface area contributed by atoms with E-state index in [4.69, 9.17) is 0 Å². The van der Waals surface area contributed by atoms with Crippen LogP contribution in [0.25, 0.3) is 0 Å². The minimum Gasteiger partial charge on any atom is -0.357 e. The smallest absolute Gasteiger partial charge is 0.191 e. The van der Waals surface area contributed by atoms with Crippen LogP contribution in [0.1, 0.15) is 37.8 Å². The average Bonchev–Trinajstić information content (AvgIpc) is 2.67. The van der Waals surface area contributed by atoms with Crippen LogP contribution in [0.4, 0.5) is 0 Å². The van der Waals surface area contributed by atoms with Crippen molar-refractivity contribution >= 4 is 15.8 Å². The number of aliphatic imine (C=N–C) groups is 1. The Morgan fingerprint density at radius 2 is 1.46 bits per heavy atom. The number of hydrogen-bond acceptors (Lipinski definition) is 3. The van der Waals surface area contributed by atoms with E-state index in [1.807, 2.05) is 43.3 Å². The van der Waals surface area contributed by atoms with Crippen molar-refractivity contribution in [1.29, 1.82) is 0 Å². The second-order valence-electron chi connectivity index (χ2n) is 7.48. The summed E-state index contributed by atoms with van der Waals surface area (Å²) in [4.78, 5) is 4.53. The third-order valence-electron chi connectivity index (χ3n) is 4.84. The van der Waals surface area contributed by atoms with E-state index in [0.29, 0.717) is 19.0 Å². The second kappa shape index (κ2) is 9.73. The van der Waals surface area contributed by atoms with Gasteiger partial charge in [0.2, 0.25) is 0 Å². The van der Waals surface area contributed by atoms with Crippen LogP contribution < -0.4 is 10.6 Å². The van der Waals surface area contributed by atoms with Crippen molar-refractivity contribution in [2.45, 2.75) is 31.4 Å². The first-order valence-corrected chi connectivity index (χ1v) is 11.5. The van der Waals surface area contributed by atoms with Crippen molar-refractivity contribution in [2.24, 2.45) is 4.99 Å². The lowest BCUT2D eigenvalue weighted by Gasteiger charge is -2.23. The Morgan fingerprint density at radius 3 is 1.89 bits per heavy atom. The van der Waals surface area contributed by atoms with Gasteiger partial charge in [0.25, 0.3) is 0 Å². The van der Waals surface area contributed by atoms with Gasteiger partial charge in [0.05, 0.1) is 11.3 Å². The molecule has 0 unspecified atom stereocenters. The largest absolute Gasteiger partial charge is 0.357 e. The summed E-state index contributed by atoms with van der Waals surface area (Å²) in [5.74, 6) is 0.783. The molecular weight excluding hydrogens is 370 g/mol. The van der Waals surface area contributed by atoms with E-state index in [1.165, 1.54) is 17.4 Å². The molecule has 152 valence electrons. The first kappa shape index (κ1) is 22.0. The number of nitrogens with zero attached hydrogens (tertiary/aromatic N) is 1. The second-order valence-corrected chi connectivity index (χ2v) is 10.1. The minimum absolute atomic E-state index is 0.161. The molecule has 0 fully saturated rings. The molecule has 0 aromatic heterocycles. The fourth-order valence-electron chi connectivity index (χ4n) is 2.73. The molecule has 2 N–H and O–H groups in total. The standard InChI is InChI=1S/C22H31N3O2S/c1-5-23-21(25-17-22(2,3)28(4,26)27)24-16-20(18-12-8-6-9-13-18)19-14-10-7-11-15-19/h6-15,20H,5,16-17H2,1-4H3,(H2,23,24,25). The molecule has 0 atom stereocenters. The van der Waals surface area contributed by atoms with E-state index in [-0.39, 0.29) is 12.5 Å². The number of nitrogens with one attached hydrogen (secondary N) is 2. The van der Waals surface area contributed by atoms with E-state index < -0.39 is 14.6 Å². The third-order valence-corrected chi connectivity index (χ3v) is 6.98. The number of hydrogen-bond donors (Lipinski definition) is 2. The predicted octanol–water partition coefficient (Wildman–Crippen LogP) is 3.20. The van der Waals surface area contributed by atoms with Crippen LogP contribution in [0, 0.1) is 0 Å². The van der Waals surface area contributed by atoms with Gasteiger partial charge in [-0.1, -0.05) is 60.7 Å². The van der Waals surface area contributed by atoms with E-state index in [2.05, 4.69) is 39.9 Å². The molecule has 0 radical (unpaired) electrons.